The van der Waals surface area contributed by atoms with Gasteiger partial charge in [0, 0.05) is 37.3 Å². The lowest BCUT2D eigenvalue weighted by Gasteiger charge is -2.24. The van der Waals surface area contributed by atoms with E-state index in [9.17, 15) is 4.79 Å². The van der Waals surface area contributed by atoms with Gasteiger partial charge in [0.25, 0.3) is 0 Å². The molecule has 0 aromatic heterocycles. The Bertz CT molecular complexity index is 474. The van der Waals surface area contributed by atoms with E-state index in [-0.39, 0.29) is 5.91 Å². The molecule has 19 heavy (non-hydrogen) atoms. The van der Waals surface area contributed by atoms with Crippen LogP contribution < -0.4 is 11.1 Å². The third-order valence-electron chi connectivity index (χ3n) is 4.23. The standard InChI is InChI=1S/C15H21N3O/c16-15(19)12-3-1-2-11(8-12)9-18-7-6-13-4-5-14(10-18)17-13/h1-3,8,13-14,17H,4-7,9-10H2,(H2,16,19). The highest BCUT2D eigenvalue weighted by molar-refractivity contribution is 5.92. The first-order chi connectivity index (χ1) is 9.20. The second-order valence-electron chi connectivity index (χ2n) is 5.73. The topological polar surface area (TPSA) is 58.4 Å². The molecule has 2 fully saturated rings. The molecule has 2 atom stereocenters. The molecule has 1 aromatic rings. The van der Waals surface area contributed by atoms with E-state index in [0.29, 0.717) is 17.6 Å². The Labute approximate surface area is 114 Å². The molecule has 2 unspecified atom stereocenters. The van der Waals surface area contributed by atoms with Crippen LogP contribution in [0.5, 0.6) is 0 Å². The third kappa shape index (κ3) is 2.96. The van der Waals surface area contributed by atoms with Crippen molar-refractivity contribution in [3.63, 3.8) is 0 Å². The van der Waals surface area contributed by atoms with Crippen LogP contribution in [0.2, 0.25) is 0 Å². The molecule has 0 spiro atoms. The number of fused-ring (bicyclic) bond motifs is 2. The number of nitrogens with one attached hydrogen (secondary N) is 1. The molecule has 4 nitrogen and oxygen atoms in total. The van der Waals surface area contributed by atoms with Crippen LogP contribution in [0.3, 0.4) is 0 Å². The molecule has 0 radical (unpaired) electrons. The van der Waals surface area contributed by atoms with E-state index in [4.69, 9.17) is 5.73 Å². The van der Waals surface area contributed by atoms with Gasteiger partial charge in [-0.15, -0.1) is 0 Å². The normalized spacial score (nSPS) is 27.2. The minimum Gasteiger partial charge on any atom is -0.366 e. The van der Waals surface area contributed by atoms with Crippen molar-refractivity contribution in [2.24, 2.45) is 5.73 Å². The number of rotatable bonds is 3. The molecule has 2 saturated heterocycles. The van der Waals surface area contributed by atoms with Crippen molar-refractivity contribution < 1.29 is 4.79 Å². The monoisotopic (exact) mass is 259 g/mol. The van der Waals surface area contributed by atoms with Crippen LogP contribution in [0.15, 0.2) is 24.3 Å². The fourth-order valence-electron chi connectivity index (χ4n) is 3.24. The van der Waals surface area contributed by atoms with E-state index >= 15 is 0 Å². The average molecular weight is 259 g/mol. The Morgan fingerprint density at radius 1 is 1.32 bits per heavy atom. The minimum atomic E-state index is -0.349. The van der Waals surface area contributed by atoms with Crippen molar-refractivity contribution in [3.8, 4) is 0 Å². The molecule has 0 aliphatic carbocycles. The number of hydrogen-bond acceptors (Lipinski definition) is 3. The fraction of sp³-hybridized carbons (Fsp3) is 0.533. The quantitative estimate of drug-likeness (QED) is 0.855. The molecule has 2 aliphatic heterocycles. The Kier molecular flexibility index (Phi) is 3.53. The van der Waals surface area contributed by atoms with Gasteiger partial charge < -0.3 is 11.1 Å². The Morgan fingerprint density at radius 3 is 3.00 bits per heavy atom. The Hall–Kier alpha value is -1.39. The molecule has 0 saturated carbocycles. The number of hydrogen-bond donors (Lipinski definition) is 2. The number of nitrogens with zero attached hydrogens (tertiary/aromatic N) is 1. The van der Waals surface area contributed by atoms with E-state index in [1.54, 1.807) is 6.07 Å². The number of carbonyl (C=O) groups excluding carboxylic acids is 1. The van der Waals surface area contributed by atoms with Crippen molar-refractivity contribution in [2.45, 2.75) is 37.9 Å². The summed E-state index contributed by atoms with van der Waals surface area (Å²) in [6, 6.07) is 9.04. The molecule has 102 valence electrons. The SMILES string of the molecule is NC(=O)c1cccc(CN2CCC3CCC(C2)N3)c1. The number of primary amides is 1. The lowest BCUT2D eigenvalue weighted by molar-refractivity contribution is 0.1000. The van der Waals surface area contributed by atoms with Gasteiger partial charge in [0.1, 0.15) is 0 Å². The van der Waals surface area contributed by atoms with Crippen LogP contribution in [0, 0.1) is 0 Å². The van der Waals surface area contributed by atoms with E-state index in [1.165, 1.54) is 24.8 Å². The van der Waals surface area contributed by atoms with Gasteiger partial charge in [-0.2, -0.15) is 0 Å². The van der Waals surface area contributed by atoms with Crippen molar-refractivity contribution in [2.75, 3.05) is 13.1 Å². The van der Waals surface area contributed by atoms with Gasteiger partial charge >= 0.3 is 0 Å². The number of benzene rings is 1. The highest BCUT2D eigenvalue weighted by Crippen LogP contribution is 2.21. The number of amides is 1. The smallest absolute Gasteiger partial charge is 0.248 e. The van der Waals surface area contributed by atoms with Crippen molar-refractivity contribution >= 4 is 5.91 Å². The molecule has 3 N–H and O–H groups in total. The summed E-state index contributed by atoms with van der Waals surface area (Å²) in [4.78, 5) is 13.7. The number of carbonyl (C=O) groups is 1. The highest BCUT2D eigenvalue weighted by Gasteiger charge is 2.28. The van der Waals surface area contributed by atoms with Crippen molar-refractivity contribution in [3.05, 3.63) is 35.4 Å². The predicted molar refractivity (Wildman–Crippen MR) is 74.8 cm³/mol. The summed E-state index contributed by atoms with van der Waals surface area (Å²) < 4.78 is 0. The first-order valence-electron chi connectivity index (χ1n) is 7.08. The number of nitrogens with two attached hydrogens (primary N) is 1. The molecule has 2 aliphatic rings. The molecule has 1 aromatic carbocycles. The van der Waals surface area contributed by atoms with Crippen LogP contribution in [-0.2, 0) is 6.54 Å². The van der Waals surface area contributed by atoms with Crippen LogP contribution >= 0.6 is 0 Å². The summed E-state index contributed by atoms with van der Waals surface area (Å²) in [5.41, 5.74) is 7.11. The maximum absolute atomic E-state index is 11.2. The lowest BCUT2D eigenvalue weighted by atomic mass is 10.1. The summed E-state index contributed by atoms with van der Waals surface area (Å²) in [5, 5.41) is 3.68. The molecule has 3 rings (SSSR count). The van der Waals surface area contributed by atoms with E-state index in [2.05, 4.69) is 16.3 Å². The van der Waals surface area contributed by atoms with Gasteiger partial charge in [0.05, 0.1) is 0 Å². The van der Waals surface area contributed by atoms with Gasteiger partial charge in [-0.1, -0.05) is 12.1 Å². The van der Waals surface area contributed by atoms with Gasteiger partial charge in [0.15, 0.2) is 0 Å². The van der Waals surface area contributed by atoms with E-state index in [0.717, 1.165) is 19.6 Å². The minimum absolute atomic E-state index is 0.349. The lowest BCUT2D eigenvalue weighted by Crippen LogP contribution is -2.35. The molecule has 4 heteroatoms. The highest BCUT2D eigenvalue weighted by atomic mass is 16.1. The van der Waals surface area contributed by atoms with Gasteiger partial charge in [-0.25, -0.2) is 0 Å². The van der Waals surface area contributed by atoms with Crippen LogP contribution in [0.1, 0.15) is 35.2 Å². The Morgan fingerprint density at radius 2 is 2.16 bits per heavy atom. The van der Waals surface area contributed by atoms with Crippen LogP contribution in [-0.4, -0.2) is 36.0 Å². The Balaban J connectivity index is 1.67. The summed E-state index contributed by atoms with van der Waals surface area (Å²) in [6.45, 7) is 3.15. The predicted octanol–water partition coefficient (Wildman–Crippen LogP) is 1.11. The number of likely N-dealkylation sites (tertiary alicyclic amines) is 1. The van der Waals surface area contributed by atoms with E-state index in [1.807, 2.05) is 12.1 Å². The zero-order valence-corrected chi connectivity index (χ0v) is 11.1. The first-order valence-corrected chi connectivity index (χ1v) is 7.08. The van der Waals surface area contributed by atoms with Crippen molar-refractivity contribution in [1.29, 1.82) is 0 Å². The van der Waals surface area contributed by atoms with E-state index < -0.39 is 0 Å². The maximum Gasteiger partial charge on any atom is 0.248 e. The van der Waals surface area contributed by atoms with Gasteiger partial charge in [-0.3, -0.25) is 9.69 Å². The molecular formula is C15H21N3O. The van der Waals surface area contributed by atoms with Crippen LogP contribution in [0.4, 0.5) is 0 Å². The first kappa shape index (κ1) is 12.6. The van der Waals surface area contributed by atoms with Gasteiger partial charge in [0.2, 0.25) is 5.91 Å². The molecular weight excluding hydrogens is 238 g/mol. The molecule has 2 bridgehead atoms. The largest absolute Gasteiger partial charge is 0.366 e. The second kappa shape index (κ2) is 5.31. The summed E-state index contributed by atoms with van der Waals surface area (Å²) >= 11 is 0. The second-order valence-corrected chi connectivity index (χ2v) is 5.73. The average Bonchev–Trinajstić information content (AvgIpc) is 2.73. The fourth-order valence-corrected chi connectivity index (χ4v) is 3.24. The summed E-state index contributed by atoms with van der Waals surface area (Å²) in [7, 11) is 0. The van der Waals surface area contributed by atoms with Crippen molar-refractivity contribution in [1.82, 2.24) is 10.2 Å². The zero-order valence-electron chi connectivity index (χ0n) is 11.1. The van der Waals surface area contributed by atoms with Gasteiger partial charge in [-0.05, 0) is 37.0 Å². The maximum atomic E-state index is 11.2. The molecule has 1 amide bonds. The summed E-state index contributed by atoms with van der Waals surface area (Å²) in [6.07, 6.45) is 3.85. The summed E-state index contributed by atoms with van der Waals surface area (Å²) in [5.74, 6) is -0.349. The molecule has 2 heterocycles. The van der Waals surface area contributed by atoms with Crippen LogP contribution in [0.25, 0.3) is 0 Å². The third-order valence-corrected chi connectivity index (χ3v) is 4.23. The zero-order chi connectivity index (χ0) is 13.2.